The lowest BCUT2D eigenvalue weighted by molar-refractivity contribution is -0.123. The van der Waals surface area contributed by atoms with E-state index in [4.69, 9.17) is 0 Å². The van der Waals surface area contributed by atoms with Gasteiger partial charge in [0.15, 0.2) is 0 Å². The molecule has 3 N–H and O–H groups in total. The fourth-order valence-corrected chi connectivity index (χ4v) is 4.55. The van der Waals surface area contributed by atoms with Gasteiger partial charge in [0.05, 0.1) is 12.1 Å². The number of amides is 3. The molecule has 3 amide bonds. The van der Waals surface area contributed by atoms with Crippen molar-refractivity contribution in [3.63, 3.8) is 0 Å². The van der Waals surface area contributed by atoms with Crippen LogP contribution in [0.15, 0.2) is 0 Å². The van der Waals surface area contributed by atoms with E-state index in [9.17, 15) is 14.7 Å². The number of aliphatic hydroxyl groups is 1. The summed E-state index contributed by atoms with van der Waals surface area (Å²) in [5.41, 5.74) is -0.734. The van der Waals surface area contributed by atoms with Crippen LogP contribution in [0.25, 0.3) is 0 Å². The first-order chi connectivity index (χ1) is 13.2. The van der Waals surface area contributed by atoms with Crippen LogP contribution in [0, 0.1) is 0 Å². The summed E-state index contributed by atoms with van der Waals surface area (Å²) in [6.45, 7) is 10.4. The molecule has 2 aliphatic rings. The minimum Gasteiger partial charge on any atom is -0.389 e. The van der Waals surface area contributed by atoms with Gasteiger partial charge in [0, 0.05) is 37.8 Å². The van der Waals surface area contributed by atoms with E-state index in [1.807, 2.05) is 13.8 Å². The topological polar surface area (TPSA) is 84.9 Å². The molecule has 0 spiro atoms. The van der Waals surface area contributed by atoms with E-state index >= 15 is 0 Å². The lowest BCUT2D eigenvalue weighted by Gasteiger charge is -2.47. The van der Waals surface area contributed by atoms with Crippen molar-refractivity contribution in [3.05, 3.63) is 0 Å². The number of urea groups is 1. The maximum absolute atomic E-state index is 12.5. The average Bonchev–Trinajstić information content (AvgIpc) is 2.61. The van der Waals surface area contributed by atoms with Gasteiger partial charge in [-0.3, -0.25) is 19.9 Å². The summed E-state index contributed by atoms with van der Waals surface area (Å²) in [6.07, 6.45) is 7.42. The molecule has 2 fully saturated rings. The molecule has 2 rings (SSSR count). The molecule has 0 bridgehead atoms. The second-order valence-corrected chi connectivity index (χ2v) is 9.15. The van der Waals surface area contributed by atoms with Crippen molar-refractivity contribution in [1.82, 2.24) is 20.4 Å². The fraction of sp³-hybridized carbons (Fsp3) is 0.905. The zero-order valence-corrected chi connectivity index (χ0v) is 18.2. The summed E-state index contributed by atoms with van der Waals surface area (Å²) in [5, 5.41) is 15.7. The molecule has 162 valence electrons. The number of carbonyl (C=O) groups excluding carboxylic acids is 2. The van der Waals surface area contributed by atoms with Gasteiger partial charge in [-0.2, -0.15) is 0 Å². The van der Waals surface area contributed by atoms with Gasteiger partial charge < -0.3 is 10.4 Å². The molecular weight excluding hydrogens is 356 g/mol. The standard InChI is InChI=1S/C21H40N4O3/c1-5-17-13-25(15-21(3,4)28)18(6-2)12-24(17)14-19(26)23-20(27)22-16-10-8-7-9-11-16/h16-18,28H,5-15H2,1-4H3,(H2,22,23,26,27)/t17-,18-/m1/s1. The summed E-state index contributed by atoms with van der Waals surface area (Å²) in [7, 11) is 0. The van der Waals surface area contributed by atoms with E-state index in [2.05, 4.69) is 34.3 Å². The van der Waals surface area contributed by atoms with Crippen LogP contribution < -0.4 is 10.6 Å². The zero-order valence-electron chi connectivity index (χ0n) is 18.2. The number of carbonyl (C=O) groups is 2. The zero-order chi connectivity index (χ0) is 20.7. The first-order valence-corrected chi connectivity index (χ1v) is 11.0. The summed E-state index contributed by atoms with van der Waals surface area (Å²) in [6, 6.07) is 0.382. The monoisotopic (exact) mass is 396 g/mol. The highest BCUT2D eigenvalue weighted by molar-refractivity contribution is 5.95. The van der Waals surface area contributed by atoms with Crippen molar-refractivity contribution in [2.45, 2.75) is 96.4 Å². The number of piperazine rings is 1. The number of rotatable bonds is 7. The molecule has 0 aromatic carbocycles. The summed E-state index contributed by atoms with van der Waals surface area (Å²) < 4.78 is 0. The normalized spacial score (nSPS) is 25.5. The van der Waals surface area contributed by atoms with Gasteiger partial charge in [0.25, 0.3) is 0 Å². The van der Waals surface area contributed by atoms with Gasteiger partial charge in [-0.1, -0.05) is 33.1 Å². The highest BCUT2D eigenvalue weighted by atomic mass is 16.3. The van der Waals surface area contributed by atoms with E-state index < -0.39 is 5.60 Å². The molecule has 1 saturated carbocycles. The summed E-state index contributed by atoms with van der Waals surface area (Å²) in [5.74, 6) is -0.238. The number of imide groups is 1. The van der Waals surface area contributed by atoms with Gasteiger partial charge in [0.2, 0.25) is 5.91 Å². The molecule has 1 aliphatic heterocycles. The predicted octanol–water partition coefficient (Wildman–Crippen LogP) is 2.09. The maximum Gasteiger partial charge on any atom is 0.321 e. The van der Waals surface area contributed by atoms with Crippen molar-refractivity contribution in [1.29, 1.82) is 0 Å². The lowest BCUT2D eigenvalue weighted by Crippen LogP contribution is -2.61. The van der Waals surface area contributed by atoms with Gasteiger partial charge in [-0.05, 0) is 39.5 Å². The predicted molar refractivity (Wildman–Crippen MR) is 111 cm³/mol. The minimum absolute atomic E-state index is 0.194. The Labute approximate surface area is 170 Å². The number of hydrogen-bond donors (Lipinski definition) is 3. The number of nitrogens with zero attached hydrogens (tertiary/aromatic N) is 2. The van der Waals surface area contributed by atoms with Crippen LogP contribution >= 0.6 is 0 Å². The summed E-state index contributed by atoms with van der Waals surface area (Å²) in [4.78, 5) is 29.1. The van der Waals surface area contributed by atoms with Crippen LogP contribution in [0.2, 0.25) is 0 Å². The van der Waals surface area contributed by atoms with Crippen molar-refractivity contribution in [2.24, 2.45) is 0 Å². The first-order valence-electron chi connectivity index (χ1n) is 11.0. The Morgan fingerprint density at radius 3 is 2.14 bits per heavy atom. The third kappa shape index (κ3) is 7.33. The van der Waals surface area contributed by atoms with Crippen molar-refractivity contribution < 1.29 is 14.7 Å². The van der Waals surface area contributed by atoms with Crippen LogP contribution in [0.3, 0.4) is 0 Å². The second-order valence-electron chi connectivity index (χ2n) is 9.15. The van der Waals surface area contributed by atoms with Gasteiger partial charge >= 0.3 is 6.03 Å². The van der Waals surface area contributed by atoms with E-state index in [-0.39, 0.29) is 30.6 Å². The average molecular weight is 397 g/mol. The molecule has 1 saturated heterocycles. The lowest BCUT2D eigenvalue weighted by atomic mass is 9.96. The Morgan fingerprint density at radius 1 is 1.00 bits per heavy atom. The molecule has 7 nitrogen and oxygen atoms in total. The molecule has 1 heterocycles. The highest BCUT2D eigenvalue weighted by Crippen LogP contribution is 2.22. The Balaban J connectivity index is 1.87. The van der Waals surface area contributed by atoms with E-state index in [0.29, 0.717) is 12.6 Å². The molecule has 0 aromatic heterocycles. The number of nitrogens with one attached hydrogen (secondary N) is 2. The molecule has 0 aromatic rings. The Hall–Kier alpha value is -1.18. The van der Waals surface area contributed by atoms with Gasteiger partial charge in [-0.15, -0.1) is 0 Å². The first kappa shape index (κ1) is 23.1. The molecule has 0 unspecified atom stereocenters. The molecule has 1 aliphatic carbocycles. The van der Waals surface area contributed by atoms with Crippen molar-refractivity contribution in [2.75, 3.05) is 26.2 Å². The number of β-amino-alcohol motifs (C(OH)–C–C–N with tert-alkyl or cyclic N) is 1. The van der Waals surface area contributed by atoms with Gasteiger partial charge in [-0.25, -0.2) is 4.79 Å². The minimum atomic E-state index is -0.734. The Morgan fingerprint density at radius 2 is 1.57 bits per heavy atom. The summed E-state index contributed by atoms with van der Waals surface area (Å²) >= 11 is 0. The third-order valence-corrected chi connectivity index (χ3v) is 6.00. The second kappa shape index (κ2) is 10.6. The third-order valence-electron chi connectivity index (χ3n) is 6.00. The Kier molecular flexibility index (Phi) is 8.71. The van der Waals surface area contributed by atoms with Crippen molar-refractivity contribution >= 4 is 11.9 Å². The fourth-order valence-electron chi connectivity index (χ4n) is 4.55. The van der Waals surface area contributed by atoms with Crippen LogP contribution in [-0.4, -0.2) is 76.8 Å². The number of hydrogen-bond acceptors (Lipinski definition) is 5. The molecule has 7 heteroatoms. The van der Waals surface area contributed by atoms with Crippen molar-refractivity contribution in [3.8, 4) is 0 Å². The van der Waals surface area contributed by atoms with E-state index in [1.165, 1.54) is 6.42 Å². The van der Waals surface area contributed by atoms with E-state index in [0.717, 1.165) is 51.6 Å². The van der Waals surface area contributed by atoms with E-state index in [1.54, 1.807) is 0 Å². The SMILES string of the molecule is CC[C@@H]1CN(CC(C)(C)O)[C@H](CC)CN1CC(=O)NC(=O)NC1CCCCC1. The van der Waals surface area contributed by atoms with Crippen LogP contribution in [0.4, 0.5) is 4.79 Å². The van der Waals surface area contributed by atoms with Crippen LogP contribution in [0.1, 0.15) is 72.6 Å². The molecular formula is C21H40N4O3. The van der Waals surface area contributed by atoms with Crippen LogP contribution in [0.5, 0.6) is 0 Å². The Bertz CT molecular complexity index is 514. The highest BCUT2D eigenvalue weighted by Gasteiger charge is 2.35. The van der Waals surface area contributed by atoms with Gasteiger partial charge in [0.1, 0.15) is 0 Å². The maximum atomic E-state index is 12.5. The molecule has 28 heavy (non-hydrogen) atoms. The smallest absolute Gasteiger partial charge is 0.321 e. The molecule has 0 radical (unpaired) electrons. The largest absolute Gasteiger partial charge is 0.389 e. The van der Waals surface area contributed by atoms with Crippen LogP contribution in [-0.2, 0) is 4.79 Å². The molecule has 2 atom stereocenters. The quantitative estimate of drug-likeness (QED) is 0.614.